The van der Waals surface area contributed by atoms with Crippen molar-refractivity contribution in [2.24, 2.45) is 5.92 Å². The first-order valence-corrected chi connectivity index (χ1v) is 3.52. The second-order valence-corrected chi connectivity index (χ2v) is 2.80. The fourth-order valence-corrected chi connectivity index (χ4v) is 0.928. The van der Waals surface area contributed by atoms with Gasteiger partial charge in [0.15, 0.2) is 0 Å². The number of hydrogen-bond donors (Lipinski definition) is 0. The molecule has 0 spiro atoms. The van der Waals surface area contributed by atoms with Gasteiger partial charge in [0.1, 0.15) is 0 Å². The lowest BCUT2D eigenvalue weighted by Crippen LogP contribution is -2.15. The highest BCUT2D eigenvalue weighted by Crippen LogP contribution is 2.10. The summed E-state index contributed by atoms with van der Waals surface area (Å²) in [6.45, 7) is 5.89. The van der Waals surface area contributed by atoms with Crippen LogP contribution in [0.15, 0.2) is 0 Å². The molecule has 0 aromatic carbocycles. The molecule has 1 fully saturated rings. The van der Waals surface area contributed by atoms with Gasteiger partial charge in [-0.1, -0.05) is 13.8 Å². The summed E-state index contributed by atoms with van der Waals surface area (Å²) >= 11 is 0. The minimum absolute atomic E-state index is 0.0880. The van der Waals surface area contributed by atoms with Crippen LogP contribution in [0, 0.1) is 5.92 Å². The van der Waals surface area contributed by atoms with Gasteiger partial charge in [0.05, 0.1) is 13.2 Å². The van der Waals surface area contributed by atoms with Crippen molar-refractivity contribution < 1.29 is 9.31 Å². The molecule has 1 saturated heterocycles. The smallest absolute Gasteiger partial charge is 0.409 e. The van der Waals surface area contributed by atoms with Gasteiger partial charge in [-0.3, -0.25) is 0 Å². The van der Waals surface area contributed by atoms with Gasteiger partial charge in [-0.25, -0.2) is 0 Å². The lowest BCUT2D eigenvalue weighted by molar-refractivity contribution is 0.365. The van der Waals surface area contributed by atoms with Crippen LogP contribution in [-0.2, 0) is 9.31 Å². The SMILES string of the molecule is CC(C)CB1OCCO1. The maximum absolute atomic E-state index is 5.24. The molecule has 0 unspecified atom stereocenters. The summed E-state index contributed by atoms with van der Waals surface area (Å²) in [7, 11) is 0.0880. The molecule has 0 saturated carbocycles. The van der Waals surface area contributed by atoms with Crippen molar-refractivity contribution in [1.29, 1.82) is 0 Å². The Bertz CT molecular complexity index is 79.1. The van der Waals surface area contributed by atoms with Crippen molar-refractivity contribution in [3.8, 4) is 0 Å². The third-order valence-electron chi connectivity index (χ3n) is 1.35. The van der Waals surface area contributed by atoms with E-state index in [2.05, 4.69) is 13.8 Å². The van der Waals surface area contributed by atoms with Gasteiger partial charge in [-0.15, -0.1) is 0 Å². The second-order valence-electron chi connectivity index (χ2n) is 2.80. The van der Waals surface area contributed by atoms with Gasteiger partial charge in [0.25, 0.3) is 0 Å². The molecular weight excluding hydrogens is 115 g/mol. The van der Waals surface area contributed by atoms with Gasteiger partial charge in [0.2, 0.25) is 0 Å². The largest absolute Gasteiger partial charge is 0.457 e. The average molecular weight is 128 g/mol. The molecule has 0 radical (unpaired) electrons. The quantitative estimate of drug-likeness (QED) is 0.519. The molecule has 1 aliphatic rings. The van der Waals surface area contributed by atoms with Crippen molar-refractivity contribution >= 4 is 7.12 Å². The van der Waals surface area contributed by atoms with E-state index in [0.717, 1.165) is 19.5 Å². The third kappa shape index (κ3) is 2.37. The van der Waals surface area contributed by atoms with Crippen molar-refractivity contribution in [3.05, 3.63) is 0 Å². The molecule has 0 bridgehead atoms. The van der Waals surface area contributed by atoms with E-state index in [1.807, 2.05) is 0 Å². The second kappa shape index (κ2) is 3.23. The summed E-state index contributed by atoms with van der Waals surface area (Å²) in [5.74, 6) is 0.674. The van der Waals surface area contributed by atoms with Crippen molar-refractivity contribution in [2.45, 2.75) is 20.2 Å². The minimum Gasteiger partial charge on any atom is -0.409 e. The topological polar surface area (TPSA) is 18.5 Å². The summed E-state index contributed by atoms with van der Waals surface area (Å²) in [5, 5.41) is 0. The Morgan fingerprint density at radius 1 is 1.33 bits per heavy atom. The molecule has 2 nitrogen and oxygen atoms in total. The number of hydrogen-bond acceptors (Lipinski definition) is 2. The summed E-state index contributed by atoms with van der Waals surface area (Å²) in [5.41, 5.74) is 0. The van der Waals surface area contributed by atoms with E-state index in [1.54, 1.807) is 0 Å². The summed E-state index contributed by atoms with van der Waals surface area (Å²) in [6, 6.07) is 0. The van der Waals surface area contributed by atoms with Crippen molar-refractivity contribution in [3.63, 3.8) is 0 Å². The van der Waals surface area contributed by atoms with E-state index in [4.69, 9.17) is 9.31 Å². The Hall–Kier alpha value is -0.0151. The van der Waals surface area contributed by atoms with Gasteiger partial charge < -0.3 is 9.31 Å². The van der Waals surface area contributed by atoms with Crippen LogP contribution in [0.3, 0.4) is 0 Å². The fourth-order valence-electron chi connectivity index (χ4n) is 0.928. The molecule has 3 heteroatoms. The average Bonchev–Trinajstić information content (AvgIpc) is 2.15. The normalized spacial score (nSPS) is 19.7. The Balaban J connectivity index is 2.11. The van der Waals surface area contributed by atoms with Crippen LogP contribution in [0.5, 0.6) is 0 Å². The van der Waals surface area contributed by atoms with E-state index >= 15 is 0 Å². The molecule has 52 valence electrons. The zero-order valence-electron chi connectivity index (χ0n) is 6.09. The predicted molar refractivity (Wildman–Crippen MR) is 37.3 cm³/mol. The van der Waals surface area contributed by atoms with E-state index in [-0.39, 0.29) is 7.12 Å². The first kappa shape index (κ1) is 7.10. The first-order chi connectivity index (χ1) is 4.29. The van der Waals surface area contributed by atoms with Gasteiger partial charge in [-0.2, -0.15) is 0 Å². The van der Waals surface area contributed by atoms with Gasteiger partial charge >= 0.3 is 7.12 Å². The predicted octanol–water partition coefficient (Wildman–Crippen LogP) is 1.18. The molecule has 0 aliphatic carbocycles. The van der Waals surface area contributed by atoms with E-state index < -0.39 is 0 Å². The van der Waals surface area contributed by atoms with Crippen LogP contribution in [0.25, 0.3) is 0 Å². The standard InChI is InChI=1S/C6H13BO2/c1-6(2)5-7-8-3-4-9-7/h6H,3-5H2,1-2H3. The highest BCUT2D eigenvalue weighted by molar-refractivity contribution is 6.44. The van der Waals surface area contributed by atoms with Crippen LogP contribution in [-0.4, -0.2) is 20.3 Å². The molecular formula is C6H13BO2. The maximum Gasteiger partial charge on any atom is 0.457 e. The molecule has 1 aliphatic heterocycles. The first-order valence-electron chi connectivity index (χ1n) is 3.52. The Morgan fingerprint density at radius 2 is 1.89 bits per heavy atom. The van der Waals surface area contributed by atoms with Crippen molar-refractivity contribution in [1.82, 2.24) is 0 Å². The monoisotopic (exact) mass is 128 g/mol. The zero-order chi connectivity index (χ0) is 6.69. The lowest BCUT2D eigenvalue weighted by Gasteiger charge is -2.04. The molecule has 9 heavy (non-hydrogen) atoms. The zero-order valence-corrected chi connectivity index (χ0v) is 6.09. The Morgan fingerprint density at radius 3 is 2.33 bits per heavy atom. The van der Waals surface area contributed by atoms with Crippen LogP contribution in [0.4, 0.5) is 0 Å². The summed E-state index contributed by atoms with van der Waals surface area (Å²) in [4.78, 5) is 0. The highest BCUT2D eigenvalue weighted by Gasteiger charge is 2.23. The van der Waals surface area contributed by atoms with Crippen molar-refractivity contribution in [2.75, 3.05) is 13.2 Å². The fraction of sp³-hybridized carbons (Fsp3) is 1.00. The molecule has 0 aromatic rings. The lowest BCUT2D eigenvalue weighted by atomic mass is 9.79. The third-order valence-corrected chi connectivity index (χ3v) is 1.35. The molecule has 1 rings (SSSR count). The van der Waals surface area contributed by atoms with E-state index in [0.29, 0.717) is 5.92 Å². The van der Waals surface area contributed by atoms with E-state index in [9.17, 15) is 0 Å². The maximum atomic E-state index is 5.24. The highest BCUT2D eigenvalue weighted by atomic mass is 16.6. The molecule has 0 amide bonds. The van der Waals surface area contributed by atoms with Crippen LogP contribution < -0.4 is 0 Å². The van der Waals surface area contributed by atoms with E-state index in [1.165, 1.54) is 0 Å². The molecule has 0 atom stereocenters. The number of rotatable bonds is 2. The minimum atomic E-state index is 0.0880. The molecule has 0 aromatic heterocycles. The Kier molecular flexibility index (Phi) is 2.55. The van der Waals surface area contributed by atoms with Crippen LogP contribution >= 0.6 is 0 Å². The molecule has 1 heterocycles. The summed E-state index contributed by atoms with van der Waals surface area (Å²) < 4.78 is 10.5. The van der Waals surface area contributed by atoms with Gasteiger partial charge in [-0.05, 0) is 12.2 Å². The van der Waals surface area contributed by atoms with Crippen LogP contribution in [0.2, 0.25) is 6.32 Å². The Labute approximate surface area is 56.7 Å². The van der Waals surface area contributed by atoms with Crippen LogP contribution in [0.1, 0.15) is 13.8 Å². The van der Waals surface area contributed by atoms with Gasteiger partial charge in [0, 0.05) is 0 Å². The molecule has 0 N–H and O–H groups in total. The summed E-state index contributed by atoms with van der Waals surface area (Å²) in [6.07, 6.45) is 1.03.